The largest absolute Gasteiger partial charge is 0.354 e. The van der Waals surface area contributed by atoms with E-state index in [-0.39, 0.29) is 17.5 Å². The summed E-state index contributed by atoms with van der Waals surface area (Å²) in [5.74, 6) is 2.43. The van der Waals surface area contributed by atoms with Gasteiger partial charge in [0, 0.05) is 30.9 Å². The molecule has 0 bridgehead atoms. The summed E-state index contributed by atoms with van der Waals surface area (Å²) < 4.78 is 23.5. The van der Waals surface area contributed by atoms with Gasteiger partial charge >= 0.3 is 0 Å². The molecule has 0 saturated carbocycles. The summed E-state index contributed by atoms with van der Waals surface area (Å²) in [5.41, 5.74) is 0.885. The Hall–Kier alpha value is -1.37. The highest BCUT2D eigenvalue weighted by atomic mass is 32.2. The van der Waals surface area contributed by atoms with Gasteiger partial charge in [0.05, 0.1) is 11.5 Å². The minimum atomic E-state index is -2.90. The van der Waals surface area contributed by atoms with Gasteiger partial charge in [-0.25, -0.2) is 13.4 Å². The van der Waals surface area contributed by atoms with Crippen LogP contribution >= 0.6 is 0 Å². The molecule has 7 heteroatoms. The van der Waals surface area contributed by atoms with Crippen molar-refractivity contribution in [3.63, 3.8) is 0 Å². The third kappa shape index (κ3) is 4.32. The molecule has 1 fully saturated rings. The summed E-state index contributed by atoms with van der Waals surface area (Å²) >= 11 is 0. The molecule has 22 heavy (non-hydrogen) atoms. The Balaban J connectivity index is 2.21. The second-order valence-corrected chi connectivity index (χ2v) is 8.54. The first kappa shape index (κ1) is 17.0. The van der Waals surface area contributed by atoms with Crippen molar-refractivity contribution in [3.8, 4) is 0 Å². The van der Waals surface area contributed by atoms with Crippen molar-refractivity contribution >= 4 is 21.6 Å². The van der Waals surface area contributed by atoms with Crippen molar-refractivity contribution in [3.05, 3.63) is 11.8 Å². The predicted octanol–water partition coefficient (Wildman–Crippen LogP) is 1.87. The van der Waals surface area contributed by atoms with Crippen LogP contribution in [0.15, 0.2) is 6.07 Å². The number of hydrogen-bond acceptors (Lipinski definition) is 6. The van der Waals surface area contributed by atoms with E-state index in [1.165, 1.54) is 0 Å². The molecule has 0 aliphatic carbocycles. The number of nitrogens with zero attached hydrogens (tertiary/aromatic N) is 3. The van der Waals surface area contributed by atoms with E-state index < -0.39 is 9.84 Å². The van der Waals surface area contributed by atoms with Gasteiger partial charge in [-0.05, 0) is 26.2 Å². The fraction of sp³-hybridized carbons (Fsp3) is 0.733. The molecule has 1 aliphatic rings. The highest BCUT2D eigenvalue weighted by Crippen LogP contribution is 2.24. The van der Waals surface area contributed by atoms with Crippen LogP contribution in [-0.2, 0) is 9.84 Å². The number of rotatable bonds is 6. The lowest BCUT2D eigenvalue weighted by Crippen LogP contribution is -2.37. The molecule has 1 aromatic rings. The van der Waals surface area contributed by atoms with Crippen molar-refractivity contribution in [2.75, 3.05) is 34.8 Å². The van der Waals surface area contributed by atoms with Gasteiger partial charge in [0.25, 0.3) is 0 Å². The summed E-state index contributed by atoms with van der Waals surface area (Å²) in [5, 5.41) is 3.24. The van der Waals surface area contributed by atoms with Crippen LogP contribution in [0, 0.1) is 12.8 Å². The highest BCUT2D eigenvalue weighted by Gasteiger charge is 2.32. The fourth-order valence-corrected chi connectivity index (χ4v) is 4.43. The lowest BCUT2D eigenvalue weighted by atomic mass is 10.2. The van der Waals surface area contributed by atoms with Crippen LogP contribution in [0.1, 0.15) is 32.9 Å². The van der Waals surface area contributed by atoms with E-state index in [4.69, 9.17) is 0 Å². The Labute approximate surface area is 133 Å². The first-order valence-corrected chi connectivity index (χ1v) is 9.69. The van der Waals surface area contributed by atoms with E-state index in [2.05, 4.69) is 34.0 Å². The number of nitrogens with one attached hydrogen (secondary N) is 1. The Morgan fingerprint density at radius 3 is 2.68 bits per heavy atom. The van der Waals surface area contributed by atoms with E-state index in [1.807, 2.05) is 19.9 Å². The van der Waals surface area contributed by atoms with Gasteiger partial charge in [-0.1, -0.05) is 13.8 Å². The van der Waals surface area contributed by atoms with Crippen molar-refractivity contribution in [1.82, 2.24) is 9.97 Å². The normalized spacial score (nSPS) is 20.3. The van der Waals surface area contributed by atoms with Gasteiger partial charge < -0.3 is 10.2 Å². The Bertz CT molecular complexity index is 616. The van der Waals surface area contributed by atoms with E-state index >= 15 is 0 Å². The molecular weight excluding hydrogens is 300 g/mol. The average molecular weight is 326 g/mol. The van der Waals surface area contributed by atoms with Crippen LogP contribution in [0.4, 0.5) is 11.8 Å². The minimum absolute atomic E-state index is 0.0160. The Morgan fingerprint density at radius 1 is 1.41 bits per heavy atom. The van der Waals surface area contributed by atoms with Gasteiger partial charge in [0.15, 0.2) is 9.84 Å². The molecule has 1 unspecified atom stereocenters. The van der Waals surface area contributed by atoms with Crippen LogP contribution in [0.25, 0.3) is 0 Å². The Morgan fingerprint density at radius 2 is 2.14 bits per heavy atom. The third-order valence-corrected chi connectivity index (χ3v) is 5.54. The molecule has 1 atom stereocenters. The number of aryl methyl sites for hydroxylation is 1. The first-order chi connectivity index (χ1) is 10.3. The molecule has 6 nitrogen and oxygen atoms in total. The summed E-state index contributed by atoms with van der Waals surface area (Å²) in [4.78, 5) is 11.1. The molecule has 2 heterocycles. The number of sulfone groups is 1. The lowest BCUT2D eigenvalue weighted by molar-refractivity contribution is 0.599. The van der Waals surface area contributed by atoms with Gasteiger partial charge in [-0.2, -0.15) is 4.98 Å². The summed E-state index contributed by atoms with van der Waals surface area (Å²) in [6, 6.07) is 1.94. The summed E-state index contributed by atoms with van der Waals surface area (Å²) in [6.45, 7) is 9.78. The standard InChI is InChI=1S/C15H26N4O2S/c1-5-19(13-6-7-22(20,21)10-13)14-8-12(4)17-15(18-14)16-9-11(2)3/h8,11,13H,5-7,9-10H2,1-4H3,(H,16,17,18). The van der Waals surface area contributed by atoms with Crippen LogP contribution < -0.4 is 10.2 Å². The predicted molar refractivity (Wildman–Crippen MR) is 90.2 cm³/mol. The molecule has 0 radical (unpaired) electrons. The van der Waals surface area contributed by atoms with Gasteiger partial charge in [0.1, 0.15) is 5.82 Å². The second kappa shape index (κ2) is 6.81. The topological polar surface area (TPSA) is 75.2 Å². The first-order valence-electron chi connectivity index (χ1n) is 7.87. The maximum Gasteiger partial charge on any atom is 0.224 e. The van der Waals surface area contributed by atoms with Crippen molar-refractivity contribution in [2.45, 2.75) is 40.2 Å². The van der Waals surface area contributed by atoms with E-state index in [9.17, 15) is 8.42 Å². The summed E-state index contributed by atoms with van der Waals surface area (Å²) in [6.07, 6.45) is 0.675. The maximum absolute atomic E-state index is 11.7. The molecule has 1 aliphatic heterocycles. The van der Waals surface area contributed by atoms with Crippen LogP contribution in [-0.4, -0.2) is 49.0 Å². The van der Waals surface area contributed by atoms with Gasteiger partial charge in [-0.3, -0.25) is 0 Å². The molecule has 1 N–H and O–H groups in total. The molecule has 124 valence electrons. The minimum Gasteiger partial charge on any atom is -0.354 e. The zero-order chi connectivity index (χ0) is 16.3. The van der Waals surface area contributed by atoms with Crippen molar-refractivity contribution in [1.29, 1.82) is 0 Å². The van der Waals surface area contributed by atoms with E-state index in [0.717, 1.165) is 24.6 Å². The molecule has 0 aromatic carbocycles. The van der Waals surface area contributed by atoms with Gasteiger partial charge in [0.2, 0.25) is 5.95 Å². The molecule has 0 amide bonds. The number of anilines is 2. The average Bonchev–Trinajstić information content (AvgIpc) is 2.77. The third-order valence-electron chi connectivity index (χ3n) is 3.79. The van der Waals surface area contributed by atoms with Gasteiger partial charge in [-0.15, -0.1) is 0 Å². The highest BCUT2D eigenvalue weighted by molar-refractivity contribution is 7.91. The fourth-order valence-electron chi connectivity index (χ4n) is 2.70. The van der Waals surface area contributed by atoms with Crippen LogP contribution in [0.5, 0.6) is 0 Å². The SMILES string of the molecule is CCN(c1cc(C)nc(NCC(C)C)n1)C1CCS(=O)(=O)C1. The Kier molecular flexibility index (Phi) is 5.26. The molecular formula is C15H26N4O2S. The quantitative estimate of drug-likeness (QED) is 0.860. The smallest absolute Gasteiger partial charge is 0.224 e. The number of hydrogen-bond donors (Lipinski definition) is 1. The van der Waals surface area contributed by atoms with Crippen LogP contribution in [0.2, 0.25) is 0 Å². The lowest BCUT2D eigenvalue weighted by Gasteiger charge is -2.28. The van der Waals surface area contributed by atoms with Crippen molar-refractivity contribution in [2.24, 2.45) is 5.92 Å². The second-order valence-electron chi connectivity index (χ2n) is 6.31. The monoisotopic (exact) mass is 326 g/mol. The summed E-state index contributed by atoms with van der Waals surface area (Å²) in [7, 11) is -2.90. The molecule has 1 saturated heterocycles. The molecule has 1 aromatic heterocycles. The van der Waals surface area contributed by atoms with E-state index in [1.54, 1.807) is 0 Å². The zero-order valence-electron chi connectivity index (χ0n) is 13.8. The van der Waals surface area contributed by atoms with Crippen LogP contribution in [0.3, 0.4) is 0 Å². The number of aromatic nitrogens is 2. The zero-order valence-corrected chi connectivity index (χ0v) is 14.7. The molecule has 2 rings (SSSR count). The van der Waals surface area contributed by atoms with E-state index in [0.29, 0.717) is 18.3 Å². The van der Waals surface area contributed by atoms with Crippen molar-refractivity contribution < 1.29 is 8.42 Å². The molecule has 0 spiro atoms. The maximum atomic E-state index is 11.7.